The quantitative estimate of drug-likeness (QED) is 0.646. The van der Waals surface area contributed by atoms with Crippen LogP contribution in [0.1, 0.15) is 36.0 Å². The van der Waals surface area contributed by atoms with Gasteiger partial charge in [0.1, 0.15) is 0 Å². The molecule has 1 aliphatic rings. The number of thiophene rings is 1. The van der Waals surface area contributed by atoms with Crippen molar-refractivity contribution in [3.8, 4) is 10.6 Å². The van der Waals surface area contributed by atoms with Crippen LogP contribution < -0.4 is 0 Å². The lowest BCUT2D eigenvalue weighted by Gasteiger charge is -2.21. The average molecular weight is 351 g/mol. The Morgan fingerprint density at radius 3 is 2.84 bits per heavy atom. The van der Waals surface area contributed by atoms with E-state index in [0.717, 1.165) is 34.3 Å². The molecule has 3 aromatic rings. The maximum Gasteiger partial charge on any atom is 0.339 e. The number of pyridine rings is 1. The molecule has 4 rings (SSSR count). The summed E-state index contributed by atoms with van der Waals surface area (Å²) in [7, 11) is 0. The second-order valence-electron chi connectivity index (χ2n) is 6.16. The number of rotatable bonds is 3. The van der Waals surface area contributed by atoms with Crippen LogP contribution in [0, 0.1) is 0 Å². The van der Waals surface area contributed by atoms with Gasteiger partial charge in [-0.3, -0.25) is 4.79 Å². The molecule has 126 valence electrons. The first kappa shape index (κ1) is 16.0. The molecule has 1 saturated carbocycles. The van der Waals surface area contributed by atoms with E-state index in [-0.39, 0.29) is 5.78 Å². The number of nitrogens with zero attached hydrogens (tertiary/aromatic N) is 1. The van der Waals surface area contributed by atoms with Crippen molar-refractivity contribution in [2.45, 2.75) is 31.8 Å². The number of ketones is 1. The zero-order chi connectivity index (χ0) is 17.2. The Balaban J connectivity index is 1.74. The first-order valence-electron chi connectivity index (χ1n) is 8.40. The maximum absolute atomic E-state index is 12.8. The lowest BCUT2D eigenvalue weighted by molar-refractivity contribution is -0.129. The largest absolute Gasteiger partial charge is 0.451 e. The number of aromatic nitrogens is 1. The summed E-state index contributed by atoms with van der Waals surface area (Å²) in [5, 5.41) is 2.72. The highest BCUT2D eigenvalue weighted by Crippen LogP contribution is 2.29. The zero-order valence-electron chi connectivity index (χ0n) is 13.6. The number of Topliss-reactive ketones (excluding diaryl/α,β-unsaturated/α-hetero) is 1. The summed E-state index contributed by atoms with van der Waals surface area (Å²) >= 11 is 1.57. The van der Waals surface area contributed by atoms with Gasteiger partial charge < -0.3 is 4.74 Å². The van der Waals surface area contributed by atoms with Crippen molar-refractivity contribution >= 4 is 34.0 Å². The first-order chi connectivity index (χ1) is 12.2. The molecule has 0 saturated heterocycles. The summed E-state index contributed by atoms with van der Waals surface area (Å²) in [6, 6.07) is 13.2. The molecule has 0 radical (unpaired) electrons. The number of esters is 1. The highest BCUT2D eigenvalue weighted by molar-refractivity contribution is 7.13. The van der Waals surface area contributed by atoms with Crippen LogP contribution in [0.4, 0.5) is 0 Å². The van der Waals surface area contributed by atoms with E-state index in [0.29, 0.717) is 18.4 Å². The molecular formula is C20H17NO3S. The van der Waals surface area contributed by atoms with Crippen LogP contribution in [-0.2, 0) is 9.53 Å². The summed E-state index contributed by atoms with van der Waals surface area (Å²) in [4.78, 5) is 30.4. The van der Waals surface area contributed by atoms with Crippen molar-refractivity contribution in [2.24, 2.45) is 0 Å². The molecule has 0 spiro atoms. The second-order valence-corrected chi connectivity index (χ2v) is 7.10. The van der Waals surface area contributed by atoms with Crippen LogP contribution in [0.3, 0.4) is 0 Å². The molecule has 1 aromatic carbocycles. The fourth-order valence-electron chi connectivity index (χ4n) is 3.16. The lowest BCUT2D eigenvalue weighted by Crippen LogP contribution is -2.30. The van der Waals surface area contributed by atoms with E-state index in [1.165, 1.54) is 0 Å². The molecule has 4 nitrogen and oxygen atoms in total. The zero-order valence-corrected chi connectivity index (χ0v) is 14.4. The molecule has 1 fully saturated rings. The van der Waals surface area contributed by atoms with E-state index < -0.39 is 12.1 Å². The fourth-order valence-corrected chi connectivity index (χ4v) is 3.85. The maximum atomic E-state index is 12.8. The smallest absolute Gasteiger partial charge is 0.339 e. The Morgan fingerprint density at radius 2 is 2.04 bits per heavy atom. The van der Waals surface area contributed by atoms with Gasteiger partial charge >= 0.3 is 5.97 Å². The van der Waals surface area contributed by atoms with E-state index in [1.54, 1.807) is 17.4 Å². The number of para-hydroxylation sites is 1. The third kappa shape index (κ3) is 3.20. The van der Waals surface area contributed by atoms with Gasteiger partial charge in [0, 0.05) is 11.8 Å². The Labute approximate surface area is 149 Å². The third-order valence-electron chi connectivity index (χ3n) is 4.46. The van der Waals surface area contributed by atoms with Gasteiger partial charge in [0.25, 0.3) is 0 Å². The topological polar surface area (TPSA) is 56.3 Å². The number of ether oxygens (including phenoxy) is 1. The molecule has 0 aliphatic heterocycles. The molecule has 1 unspecified atom stereocenters. The summed E-state index contributed by atoms with van der Waals surface area (Å²) in [6.45, 7) is 0. The standard InChI is InChI=1S/C20H17NO3S/c22-17-8-3-4-9-18(17)24-20(23)14-12-16(19-10-5-11-25-19)21-15-7-2-1-6-13(14)15/h1-2,5-7,10-12,18H,3-4,8-9H2. The number of hydrogen-bond acceptors (Lipinski definition) is 5. The van der Waals surface area contributed by atoms with Crippen molar-refractivity contribution in [2.75, 3.05) is 0 Å². The minimum atomic E-state index is -0.613. The van der Waals surface area contributed by atoms with Crippen molar-refractivity contribution in [3.63, 3.8) is 0 Å². The minimum Gasteiger partial charge on any atom is -0.451 e. The van der Waals surface area contributed by atoms with Crippen LogP contribution in [0.5, 0.6) is 0 Å². The normalized spacial score (nSPS) is 17.6. The third-order valence-corrected chi connectivity index (χ3v) is 5.35. The summed E-state index contributed by atoms with van der Waals surface area (Å²) in [5.41, 5.74) is 1.96. The van der Waals surface area contributed by atoms with Gasteiger partial charge in [0.05, 0.1) is 21.7 Å². The number of carbonyl (C=O) groups is 2. The molecule has 0 N–H and O–H groups in total. The predicted octanol–water partition coefficient (Wildman–Crippen LogP) is 4.63. The summed E-state index contributed by atoms with van der Waals surface area (Å²) < 4.78 is 5.56. The molecule has 1 atom stereocenters. The lowest BCUT2D eigenvalue weighted by atomic mass is 9.96. The Kier molecular flexibility index (Phi) is 4.32. The Bertz CT molecular complexity index is 933. The number of benzene rings is 1. The second kappa shape index (κ2) is 6.76. The summed E-state index contributed by atoms with van der Waals surface area (Å²) in [5.74, 6) is -0.423. The van der Waals surface area contributed by atoms with E-state index in [9.17, 15) is 9.59 Å². The van der Waals surface area contributed by atoms with Crippen LogP contribution in [0.15, 0.2) is 47.8 Å². The van der Waals surface area contributed by atoms with Crippen LogP contribution in [0.2, 0.25) is 0 Å². The van der Waals surface area contributed by atoms with Crippen molar-refractivity contribution in [1.29, 1.82) is 0 Å². The number of hydrogen-bond donors (Lipinski definition) is 0. The first-order valence-corrected chi connectivity index (χ1v) is 9.28. The van der Waals surface area contributed by atoms with Crippen molar-refractivity contribution in [3.05, 3.63) is 53.4 Å². The van der Waals surface area contributed by atoms with Crippen LogP contribution in [-0.4, -0.2) is 22.8 Å². The molecule has 1 aliphatic carbocycles. The Hall–Kier alpha value is -2.53. The number of carbonyl (C=O) groups excluding carboxylic acids is 2. The molecule has 2 heterocycles. The van der Waals surface area contributed by atoms with E-state index in [1.807, 2.05) is 41.8 Å². The van der Waals surface area contributed by atoms with Gasteiger partial charge in [-0.25, -0.2) is 9.78 Å². The predicted molar refractivity (Wildman–Crippen MR) is 97.7 cm³/mol. The monoisotopic (exact) mass is 351 g/mol. The SMILES string of the molecule is O=C(OC1CCCCC1=O)c1cc(-c2cccs2)nc2ccccc12. The van der Waals surface area contributed by atoms with E-state index in [2.05, 4.69) is 4.98 Å². The highest BCUT2D eigenvalue weighted by Gasteiger charge is 2.27. The highest BCUT2D eigenvalue weighted by atomic mass is 32.1. The molecule has 0 bridgehead atoms. The molecule has 0 amide bonds. The van der Waals surface area contributed by atoms with E-state index in [4.69, 9.17) is 4.74 Å². The average Bonchev–Trinajstić information content (AvgIpc) is 3.17. The van der Waals surface area contributed by atoms with Gasteiger partial charge in [0.15, 0.2) is 11.9 Å². The molecule has 5 heteroatoms. The number of fused-ring (bicyclic) bond motifs is 1. The molecule has 25 heavy (non-hydrogen) atoms. The van der Waals surface area contributed by atoms with Crippen molar-refractivity contribution < 1.29 is 14.3 Å². The van der Waals surface area contributed by atoms with Gasteiger partial charge in [0.2, 0.25) is 0 Å². The molecule has 2 aromatic heterocycles. The van der Waals surface area contributed by atoms with E-state index >= 15 is 0 Å². The van der Waals surface area contributed by atoms with Crippen LogP contribution >= 0.6 is 11.3 Å². The summed E-state index contributed by atoms with van der Waals surface area (Å²) in [6.07, 6.45) is 2.30. The Morgan fingerprint density at radius 1 is 1.16 bits per heavy atom. The van der Waals surface area contributed by atoms with Crippen molar-refractivity contribution in [1.82, 2.24) is 4.98 Å². The van der Waals surface area contributed by atoms with Crippen LogP contribution in [0.25, 0.3) is 21.5 Å². The van der Waals surface area contributed by atoms with Gasteiger partial charge in [-0.05, 0) is 42.8 Å². The minimum absolute atomic E-state index is 0.0245. The van der Waals surface area contributed by atoms with Gasteiger partial charge in [-0.1, -0.05) is 24.3 Å². The molecular weight excluding hydrogens is 334 g/mol. The fraction of sp³-hybridized carbons (Fsp3) is 0.250. The van der Waals surface area contributed by atoms with Gasteiger partial charge in [-0.15, -0.1) is 11.3 Å². The van der Waals surface area contributed by atoms with Gasteiger partial charge in [-0.2, -0.15) is 0 Å².